The van der Waals surface area contributed by atoms with Crippen molar-refractivity contribution in [2.75, 3.05) is 6.61 Å². The first-order valence-corrected chi connectivity index (χ1v) is 26.2. The summed E-state index contributed by atoms with van der Waals surface area (Å²) in [5.41, 5.74) is 0.592. The Kier molecular flexibility index (Phi) is 32.4. The summed E-state index contributed by atoms with van der Waals surface area (Å²) in [5.74, 6) is -2.12. The number of halogens is 2. The van der Waals surface area contributed by atoms with Crippen LogP contribution >= 0.6 is 0 Å². The first kappa shape index (κ1) is 58.6. The zero-order chi connectivity index (χ0) is 48.3. The van der Waals surface area contributed by atoms with Crippen molar-refractivity contribution in [2.24, 2.45) is 5.41 Å². The van der Waals surface area contributed by atoms with E-state index >= 15 is 0 Å². The molecular weight excluding hydrogens is 835 g/mol. The average molecular weight is 925 g/mol. The lowest BCUT2D eigenvalue weighted by atomic mass is 9.81. The van der Waals surface area contributed by atoms with Gasteiger partial charge in [-0.1, -0.05) is 186 Å². The zero-order valence-electron chi connectivity index (χ0n) is 41.7. The Morgan fingerprint density at radius 1 is 0.621 bits per heavy atom. The lowest BCUT2D eigenvalue weighted by molar-refractivity contribution is -0.132. The fraction of sp³-hybridized carbons (Fsp3) is 0.714. The molecule has 0 spiro atoms. The van der Waals surface area contributed by atoms with Crippen LogP contribution in [0.5, 0.6) is 0 Å². The largest absolute Gasteiger partial charge is 0.383 e. The van der Waals surface area contributed by atoms with Gasteiger partial charge in [0.2, 0.25) is 11.8 Å². The number of aliphatic hydroxyl groups is 1. The number of ketones is 2. The van der Waals surface area contributed by atoms with E-state index in [-0.39, 0.29) is 62.1 Å². The first-order valence-electron chi connectivity index (χ1n) is 26.2. The van der Waals surface area contributed by atoms with Gasteiger partial charge in [-0.05, 0) is 66.8 Å². The van der Waals surface area contributed by atoms with Crippen LogP contribution in [0.2, 0.25) is 0 Å². The normalized spacial score (nSPS) is 13.0. The standard InChI is InChI=1S/C56H90F2N2O6/c1-5-7-9-11-13-15-17-19-21-23-28-32-53(63)59-48(41-46-40-47(57)34-35-50(46)58)42-49(61)36-38-56(3,4)39-37-52(62)55(65)51(44-66-43-45-30-26-25-27-31-45)60-54(64)33-29-24-22-20-18-16-14-12-10-8-6-2/h25-27,30-31,34-35,40,48,51,55,65H,5-24,28-29,32-33,36-39,41-44H2,1-4H3,(H,59,63)(H,60,64). The second kappa shape index (κ2) is 36.5. The maximum atomic E-state index is 14.7. The number of carbonyl (C=O) groups excluding carboxylic acids is 4. The van der Waals surface area contributed by atoms with Gasteiger partial charge in [0, 0.05) is 38.1 Å². The van der Waals surface area contributed by atoms with Crippen molar-refractivity contribution < 1.29 is 37.8 Å². The summed E-state index contributed by atoms with van der Waals surface area (Å²) >= 11 is 0. The fourth-order valence-corrected chi connectivity index (χ4v) is 8.52. The molecule has 2 rings (SSSR count). The molecule has 2 amide bonds. The summed E-state index contributed by atoms with van der Waals surface area (Å²) < 4.78 is 34.7. The minimum absolute atomic E-state index is 0.0127. The number of ether oxygens (including phenoxy) is 1. The highest BCUT2D eigenvalue weighted by Crippen LogP contribution is 2.30. The minimum atomic E-state index is -1.46. The molecule has 10 heteroatoms. The van der Waals surface area contributed by atoms with Gasteiger partial charge in [0.25, 0.3) is 0 Å². The SMILES string of the molecule is CCCCCCCCCCCCCC(=O)NC(CC(=O)CCC(C)(C)CCC(=O)C(O)C(COCc1ccccc1)NC(=O)CCCCCCCCCCCCC)Cc1cc(F)ccc1F. The number of nitrogens with one attached hydrogen (secondary N) is 2. The Balaban J connectivity index is 1.88. The van der Waals surface area contributed by atoms with Gasteiger partial charge in [-0.25, -0.2) is 8.78 Å². The zero-order valence-corrected chi connectivity index (χ0v) is 41.7. The van der Waals surface area contributed by atoms with Crippen LogP contribution < -0.4 is 10.6 Å². The molecule has 0 heterocycles. The fourth-order valence-electron chi connectivity index (χ4n) is 8.52. The number of unbranched alkanes of at least 4 members (excludes halogenated alkanes) is 20. The van der Waals surface area contributed by atoms with E-state index in [2.05, 4.69) is 24.5 Å². The molecule has 0 bridgehead atoms. The second-order valence-corrected chi connectivity index (χ2v) is 19.8. The Labute approximate surface area is 399 Å². The maximum absolute atomic E-state index is 14.7. The van der Waals surface area contributed by atoms with Gasteiger partial charge in [-0.3, -0.25) is 19.2 Å². The maximum Gasteiger partial charge on any atom is 0.220 e. The first-order chi connectivity index (χ1) is 31.8. The van der Waals surface area contributed by atoms with Gasteiger partial charge >= 0.3 is 0 Å². The van der Waals surface area contributed by atoms with Crippen molar-refractivity contribution in [3.63, 3.8) is 0 Å². The molecule has 374 valence electrons. The van der Waals surface area contributed by atoms with E-state index in [4.69, 9.17) is 4.74 Å². The van der Waals surface area contributed by atoms with Crippen LogP contribution in [-0.2, 0) is 36.9 Å². The second-order valence-electron chi connectivity index (χ2n) is 19.8. The number of aliphatic hydroxyl groups excluding tert-OH is 1. The summed E-state index contributed by atoms with van der Waals surface area (Å²) in [6, 6.07) is 11.2. The van der Waals surface area contributed by atoms with Gasteiger partial charge in [0.05, 0.1) is 19.3 Å². The summed E-state index contributed by atoms with van der Waals surface area (Å²) in [4.78, 5) is 53.0. The number of hydrogen-bond acceptors (Lipinski definition) is 6. The van der Waals surface area contributed by atoms with Crippen molar-refractivity contribution in [3.05, 3.63) is 71.3 Å². The van der Waals surface area contributed by atoms with Crippen molar-refractivity contribution in [3.8, 4) is 0 Å². The summed E-state index contributed by atoms with van der Waals surface area (Å²) in [6.07, 6.45) is 25.9. The smallest absolute Gasteiger partial charge is 0.220 e. The molecule has 0 saturated carbocycles. The van der Waals surface area contributed by atoms with Gasteiger partial charge < -0.3 is 20.5 Å². The van der Waals surface area contributed by atoms with E-state index in [0.717, 1.165) is 68.7 Å². The number of amides is 2. The third-order valence-corrected chi connectivity index (χ3v) is 12.9. The van der Waals surface area contributed by atoms with Crippen molar-refractivity contribution in [1.82, 2.24) is 10.6 Å². The van der Waals surface area contributed by atoms with Crippen molar-refractivity contribution >= 4 is 23.4 Å². The van der Waals surface area contributed by atoms with E-state index in [1.807, 2.05) is 44.2 Å². The highest BCUT2D eigenvalue weighted by molar-refractivity contribution is 5.85. The summed E-state index contributed by atoms with van der Waals surface area (Å²) in [6.45, 7) is 8.63. The van der Waals surface area contributed by atoms with Gasteiger partial charge in [-0.15, -0.1) is 0 Å². The van der Waals surface area contributed by atoms with Crippen LogP contribution in [0.4, 0.5) is 8.78 Å². The molecule has 0 aliphatic carbocycles. The van der Waals surface area contributed by atoms with Crippen LogP contribution in [0.25, 0.3) is 0 Å². The molecule has 0 aliphatic rings. The third-order valence-electron chi connectivity index (χ3n) is 12.9. The van der Waals surface area contributed by atoms with E-state index in [0.29, 0.717) is 25.7 Å². The van der Waals surface area contributed by atoms with Gasteiger partial charge in [0.1, 0.15) is 23.5 Å². The van der Waals surface area contributed by atoms with Crippen LogP contribution in [0.3, 0.4) is 0 Å². The molecule has 3 unspecified atom stereocenters. The number of benzene rings is 2. The molecule has 66 heavy (non-hydrogen) atoms. The van der Waals surface area contributed by atoms with E-state index in [1.165, 1.54) is 96.3 Å². The molecule has 0 aromatic heterocycles. The van der Waals surface area contributed by atoms with E-state index < -0.39 is 41.0 Å². The number of Topliss-reactive ketones (excluding diaryl/α,β-unsaturated/α-hetero) is 2. The highest BCUT2D eigenvalue weighted by Gasteiger charge is 2.30. The molecular formula is C56H90F2N2O6. The lowest BCUT2D eigenvalue weighted by Gasteiger charge is -2.27. The molecule has 0 radical (unpaired) electrons. The topological polar surface area (TPSA) is 122 Å². The molecule has 0 fully saturated rings. The Morgan fingerprint density at radius 3 is 1.64 bits per heavy atom. The van der Waals surface area contributed by atoms with Crippen LogP contribution in [-0.4, -0.2) is 53.3 Å². The number of rotatable bonds is 42. The molecule has 2 aromatic carbocycles. The Bertz CT molecular complexity index is 1600. The van der Waals surface area contributed by atoms with Crippen molar-refractivity contribution in [1.29, 1.82) is 0 Å². The predicted octanol–water partition coefficient (Wildman–Crippen LogP) is 13.6. The van der Waals surface area contributed by atoms with E-state index in [1.54, 1.807) is 0 Å². The lowest BCUT2D eigenvalue weighted by Crippen LogP contribution is -2.49. The number of hydrogen-bond donors (Lipinski definition) is 3. The van der Waals surface area contributed by atoms with Crippen LogP contribution in [0.15, 0.2) is 48.5 Å². The molecule has 3 N–H and O–H groups in total. The summed E-state index contributed by atoms with van der Waals surface area (Å²) in [7, 11) is 0. The Hall–Kier alpha value is -3.50. The molecule has 8 nitrogen and oxygen atoms in total. The molecule has 0 saturated heterocycles. The Morgan fingerprint density at radius 2 is 1.11 bits per heavy atom. The highest BCUT2D eigenvalue weighted by atomic mass is 19.1. The van der Waals surface area contributed by atoms with Gasteiger partial charge in [-0.2, -0.15) is 0 Å². The molecule has 3 atom stereocenters. The third kappa shape index (κ3) is 29.3. The quantitative estimate of drug-likeness (QED) is 0.0570. The van der Waals surface area contributed by atoms with Crippen LogP contribution in [0.1, 0.15) is 225 Å². The van der Waals surface area contributed by atoms with Crippen molar-refractivity contribution in [2.45, 2.75) is 245 Å². The van der Waals surface area contributed by atoms with Gasteiger partial charge in [0.15, 0.2) is 5.78 Å². The van der Waals surface area contributed by atoms with E-state index in [9.17, 15) is 33.1 Å². The summed E-state index contributed by atoms with van der Waals surface area (Å²) in [5, 5.41) is 17.1. The predicted molar refractivity (Wildman–Crippen MR) is 265 cm³/mol. The molecule has 0 aliphatic heterocycles. The molecule has 2 aromatic rings. The average Bonchev–Trinajstić information content (AvgIpc) is 3.29. The van der Waals surface area contributed by atoms with Crippen LogP contribution in [0, 0.1) is 17.0 Å². The number of carbonyl (C=O) groups is 4. The minimum Gasteiger partial charge on any atom is -0.383 e. The monoisotopic (exact) mass is 925 g/mol.